The molecular formula is C4H8OS2. The molecule has 1 nitrogen and oxygen atoms in total. The predicted molar refractivity (Wildman–Crippen MR) is 35.2 cm³/mol. The Morgan fingerprint density at radius 1 is 1.00 bits per heavy atom. The summed E-state index contributed by atoms with van der Waals surface area (Å²) < 4.78 is 5.03. The van der Waals surface area contributed by atoms with Crippen molar-refractivity contribution in [2.75, 3.05) is 11.5 Å². The van der Waals surface area contributed by atoms with E-state index in [1.165, 1.54) is 24.3 Å². The van der Waals surface area contributed by atoms with Gasteiger partial charge >= 0.3 is 0 Å². The van der Waals surface area contributed by atoms with Crippen LogP contribution in [0.15, 0.2) is 0 Å². The zero-order valence-corrected chi connectivity index (χ0v) is 5.69. The van der Waals surface area contributed by atoms with Crippen molar-refractivity contribution in [1.29, 1.82) is 0 Å². The second-order valence-corrected chi connectivity index (χ2v) is 3.25. The van der Waals surface area contributed by atoms with Gasteiger partial charge in [-0.15, -0.1) is 0 Å². The van der Waals surface area contributed by atoms with E-state index < -0.39 is 0 Å². The van der Waals surface area contributed by atoms with Crippen LogP contribution in [0, 0.1) is 0 Å². The van der Waals surface area contributed by atoms with Crippen LogP contribution in [0.5, 0.6) is 0 Å². The van der Waals surface area contributed by atoms with Gasteiger partial charge in [0.15, 0.2) is 0 Å². The van der Waals surface area contributed by atoms with Gasteiger partial charge in [0.1, 0.15) is 0 Å². The van der Waals surface area contributed by atoms with Gasteiger partial charge in [-0.3, -0.25) is 0 Å². The van der Waals surface area contributed by atoms with Crippen molar-refractivity contribution in [3.8, 4) is 0 Å². The number of hydrogen-bond acceptors (Lipinski definition) is 3. The lowest BCUT2D eigenvalue weighted by molar-refractivity contribution is 0.763. The summed E-state index contributed by atoms with van der Waals surface area (Å²) in [5.41, 5.74) is 0. The molecule has 1 saturated heterocycles. The molecule has 1 fully saturated rings. The molecule has 0 unspecified atom stereocenters. The number of hydrogen-bond donors (Lipinski definition) is 0. The average Bonchev–Trinajstić information content (AvgIpc) is 1.90. The molecule has 0 N–H and O–H groups in total. The van der Waals surface area contributed by atoms with Gasteiger partial charge < -0.3 is 0 Å². The molecule has 0 bridgehead atoms. The molecule has 7 heavy (non-hydrogen) atoms. The van der Waals surface area contributed by atoms with Crippen LogP contribution in [0.25, 0.3) is 0 Å². The molecule has 1 rings (SSSR count). The fraction of sp³-hybridized carbons (Fsp3) is 1.00. The van der Waals surface area contributed by atoms with Crippen LogP contribution in [0.4, 0.5) is 0 Å². The molecule has 1 aliphatic heterocycles. The highest BCUT2D eigenvalue weighted by atomic mass is 32.2. The largest absolute Gasteiger partial charge is 0.247 e. The normalized spacial score (nSPS) is 24.0. The Labute approximate surface area is 52.6 Å². The van der Waals surface area contributed by atoms with Crippen LogP contribution in [-0.4, -0.2) is 11.5 Å². The van der Waals surface area contributed by atoms with Crippen LogP contribution in [0.2, 0.25) is 0 Å². The van der Waals surface area contributed by atoms with E-state index in [-0.39, 0.29) is 0 Å². The Hall–Kier alpha value is 0.660. The topological polar surface area (TPSA) is 9.23 Å². The molecule has 0 saturated carbocycles. The molecule has 0 amide bonds. The van der Waals surface area contributed by atoms with Gasteiger partial charge in [-0.25, -0.2) is 3.63 Å². The van der Waals surface area contributed by atoms with E-state index in [0.29, 0.717) is 0 Å². The van der Waals surface area contributed by atoms with Crippen LogP contribution >= 0.6 is 24.1 Å². The van der Waals surface area contributed by atoms with E-state index in [2.05, 4.69) is 0 Å². The summed E-state index contributed by atoms with van der Waals surface area (Å²) in [7, 11) is 0. The maximum Gasteiger partial charge on any atom is 0.0210 e. The highest BCUT2D eigenvalue weighted by molar-refractivity contribution is 8.07. The van der Waals surface area contributed by atoms with Crippen molar-refractivity contribution in [3.05, 3.63) is 0 Å². The Balaban J connectivity index is 2.04. The van der Waals surface area contributed by atoms with E-state index >= 15 is 0 Å². The first-order valence-electron chi connectivity index (χ1n) is 2.41. The summed E-state index contributed by atoms with van der Waals surface area (Å²) in [6.07, 6.45) is 2.63. The van der Waals surface area contributed by atoms with Gasteiger partial charge in [0.05, 0.1) is 0 Å². The lowest BCUT2D eigenvalue weighted by atomic mass is 10.4. The van der Waals surface area contributed by atoms with E-state index in [0.717, 1.165) is 0 Å². The van der Waals surface area contributed by atoms with Gasteiger partial charge in [0, 0.05) is 35.6 Å². The Kier molecular flexibility index (Phi) is 3.01. The summed E-state index contributed by atoms with van der Waals surface area (Å²) in [5.74, 6) is 2.35. The molecule has 0 atom stereocenters. The minimum atomic E-state index is 1.17. The highest BCUT2D eigenvalue weighted by Crippen LogP contribution is 2.21. The van der Waals surface area contributed by atoms with Gasteiger partial charge in [0.25, 0.3) is 0 Å². The molecule has 3 heteroatoms. The maximum absolute atomic E-state index is 5.03. The standard InChI is InChI=1S/C4H8OS2/c1-2-4-7-5-6-3-1/h1-4H2. The SMILES string of the molecule is C1CCSOSC1. The van der Waals surface area contributed by atoms with Gasteiger partial charge in [0.2, 0.25) is 0 Å². The zero-order chi connectivity index (χ0) is 4.95. The van der Waals surface area contributed by atoms with Crippen LogP contribution in [-0.2, 0) is 3.63 Å². The molecule has 0 aliphatic carbocycles. The van der Waals surface area contributed by atoms with Gasteiger partial charge in [-0.2, -0.15) is 0 Å². The van der Waals surface area contributed by atoms with Crippen LogP contribution in [0.1, 0.15) is 12.8 Å². The van der Waals surface area contributed by atoms with Crippen LogP contribution < -0.4 is 0 Å². The quantitative estimate of drug-likeness (QED) is 0.472. The first kappa shape index (κ1) is 5.79. The van der Waals surface area contributed by atoms with E-state index in [1.54, 1.807) is 24.1 Å². The summed E-state index contributed by atoms with van der Waals surface area (Å²) >= 11 is 3.16. The van der Waals surface area contributed by atoms with Crippen molar-refractivity contribution >= 4 is 24.1 Å². The van der Waals surface area contributed by atoms with E-state index in [4.69, 9.17) is 3.63 Å². The maximum atomic E-state index is 5.03. The lowest BCUT2D eigenvalue weighted by Gasteiger charge is -1.87. The van der Waals surface area contributed by atoms with Gasteiger partial charge in [-0.05, 0) is 12.8 Å². The molecule has 0 aromatic heterocycles. The molecule has 0 spiro atoms. The average molecular weight is 136 g/mol. The van der Waals surface area contributed by atoms with Crippen molar-refractivity contribution in [3.63, 3.8) is 0 Å². The molecular weight excluding hydrogens is 128 g/mol. The third-order valence-electron chi connectivity index (χ3n) is 0.802. The van der Waals surface area contributed by atoms with E-state index in [9.17, 15) is 0 Å². The third-order valence-corrected chi connectivity index (χ3v) is 2.48. The van der Waals surface area contributed by atoms with Crippen molar-refractivity contribution < 1.29 is 3.63 Å². The fourth-order valence-electron chi connectivity index (χ4n) is 0.424. The molecule has 1 heterocycles. The minimum absolute atomic E-state index is 1.17. The fourth-order valence-corrected chi connectivity index (χ4v) is 1.88. The number of rotatable bonds is 0. The predicted octanol–water partition coefficient (Wildman–Crippen LogP) is 2.09. The second kappa shape index (κ2) is 3.64. The summed E-state index contributed by atoms with van der Waals surface area (Å²) in [6.45, 7) is 0. The Morgan fingerprint density at radius 3 is 2.14 bits per heavy atom. The highest BCUT2D eigenvalue weighted by Gasteiger charge is 1.97. The smallest absolute Gasteiger partial charge is 0.0210 e. The summed E-state index contributed by atoms with van der Waals surface area (Å²) in [4.78, 5) is 0. The third kappa shape index (κ3) is 2.46. The molecule has 0 aromatic rings. The summed E-state index contributed by atoms with van der Waals surface area (Å²) in [5, 5.41) is 0. The molecule has 0 radical (unpaired) electrons. The first-order chi connectivity index (χ1) is 3.50. The van der Waals surface area contributed by atoms with Crippen LogP contribution in [0.3, 0.4) is 0 Å². The molecule has 1 aliphatic rings. The molecule has 0 aromatic carbocycles. The Morgan fingerprint density at radius 2 is 1.57 bits per heavy atom. The summed E-state index contributed by atoms with van der Waals surface area (Å²) in [6, 6.07) is 0. The lowest BCUT2D eigenvalue weighted by Crippen LogP contribution is -1.74. The second-order valence-electron chi connectivity index (χ2n) is 1.42. The minimum Gasteiger partial charge on any atom is -0.247 e. The van der Waals surface area contributed by atoms with Gasteiger partial charge in [-0.1, -0.05) is 0 Å². The monoisotopic (exact) mass is 136 g/mol. The van der Waals surface area contributed by atoms with Crippen molar-refractivity contribution in [1.82, 2.24) is 0 Å². The molecule has 42 valence electrons. The Bertz CT molecular complexity index is 29.3. The first-order valence-corrected chi connectivity index (χ1v) is 4.23. The zero-order valence-electron chi connectivity index (χ0n) is 4.05. The van der Waals surface area contributed by atoms with E-state index in [1.807, 2.05) is 0 Å². The van der Waals surface area contributed by atoms with Crippen molar-refractivity contribution in [2.45, 2.75) is 12.8 Å². The van der Waals surface area contributed by atoms with Crippen molar-refractivity contribution in [2.24, 2.45) is 0 Å².